The normalized spacial score (nSPS) is 10.7. The van der Waals surface area contributed by atoms with E-state index in [0.717, 1.165) is 5.56 Å². The highest BCUT2D eigenvalue weighted by molar-refractivity contribution is 6.35. The van der Waals surface area contributed by atoms with E-state index in [-0.39, 0.29) is 12.0 Å². The molecule has 0 aliphatic carbocycles. The van der Waals surface area contributed by atoms with Crippen LogP contribution >= 0.6 is 11.6 Å². The third-order valence-electron chi connectivity index (χ3n) is 4.25. The van der Waals surface area contributed by atoms with Crippen LogP contribution in [0.1, 0.15) is 5.56 Å². The number of nitrogens with zero attached hydrogens (tertiary/aromatic N) is 3. The zero-order valence-electron chi connectivity index (χ0n) is 14.6. The van der Waals surface area contributed by atoms with Crippen molar-refractivity contribution in [2.24, 2.45) is 0 Å². The second-order valence-electron chi connectivity index (χ2n) is 6.28. The molecule has 0 aliphatic heterocycles. The van der Waals surface area contributed by atoms with Gasteiger partial charge < -0.3 is 9.47 Å². The van der Waals surface area contributed by atoms with Gasteiger partial charge in [-0.05, 0) is 36.8 Å². The molecule has 132 valence electrons. The number of hydrogen-bond acceptors (Lipinski definition) is 4. The summed E-state index contributed by atoms with van der Waals surface area (Å²) < 4.78 is 1.74. The molecule has 3 rings (SSSR count). The molecule has 2 aromatic carbocycles. The molecule has 1 amide bonds. The number of amides is 1. The van der Waals surface area contributed by atoms with Crippen molar-refractivity contribution in [3.63, 3.8) is 0 Å². The minimum Gasteiger partial charge on any atom is -0.375 e. The van der Waals surface area contributed by atoms with Crippen LogP contribution in [0.25, 0.3) is 21.8 Å². The first-order chi connectivity index (χ1) is 12.3. The zero-order chi connectivity index (χ0) is 19.0. The SMILES string of the molecule is Cc1ccc2c(=O)c3ccc(Cl)c(N(C)C)c3n(CC(=O)NC#N)c2c1. The van der Waals surface area contributed by atoms with Crippen molar-refractivity contribution in [1.82, 2.24) is 9.88 Å². The number of carbonyl (C=O) groups is 1. The predicted octanol–water partition coefficient (Wildman–Crippen LogP) is 2.78. The second kappa shape index (κ2) is 6.70. The molecule has 3 aromatic rings. The van der Waals surface area contributed by atoms with Crippen LogP contribution in [0.2, 0.25) is 5.02 Å². The van der Waals surface area contributed by atoms with Crippen molar-refractivity contribution in [1.29, 1.82) is 5.26 Å². The Morgan fingerprint density at radius 3 is 2.62 bits per heavy atom. The van der Waals surface area contributed by atoms with Gasteiger partial charge in [0.2, 0.25) is 0 Å². The van der Waals surface area contributed by atoms with Gasteiger partial charge in [0.1, 0.15) is 6.54 Å². The molecule has 1 N–H and O–H groups in total. The van der Waals surface area contributed by atoms with Crippen molar-refractivity contribution in [3.8, 4) is 6.19 Å². The lowest BCUT2D eigenvalue weighted by atomic mass is 10.1. The smallest absolute Gasteiger partial charge is 0.252 e. The van der Waals surface area contributed by atoms with Gasteiger partial charge in [0.15, 0.2) is 11.6 Å². The molecule has 0 radical (unpaired) electrons. The fourth-order valence-electron chi connectivity index (χ4n) is 3.17. The standard InChI is InChI=1S/C19H17ClN4O2/c1-11-4-5-12-15(8-11)24(9-16(25)22-10-21)17-13(19(12)26)6-7-14(20)18(17)23(2)3/h4-8H,9H2,1-3H3,(H,22,25). The molecule has 26 heavy (non-hydrogen) atoms. The number of fused-ring (bicyclic) bond motifs is 2. The average molecular weight is 369 g/mol. The number of aromatic nitrogens is 1. The number of pyridine rings is 1. The quantitative estimate of drug-likeness (QED) is 0.438. The third-order valence-corrected chi connectivity index (χ3v) is 4.55. The zero-order valence-corrected chi connectivity index (χ0v) is 15.4. The maximum absolute atomic E-state index is 13.0. The number of rotatable bonds is 3. The van der Waals surface area contributed by atoms with Crippen LogP contribution in [0.5, 0.6) is 0 Å². The van der Waals surface area contributed by atoms with Crippen LogP contribution in [0.4, 0.5) is 5.69 Å². The Kier molecular flexibility index (Phi) is 4.58. The number of anilines is 1. The second-order valence-corrected chi connectivity index (χ2v) is 6.69. The lowest BCUT2D eigenvalue weighted by Crippen LogP contribution is -2.26. The molecule has 0 atom stereocenters. The number of nitriles is 1. The largest absolute Gasteiger partial charge is 0.375 e. The summed E-state index contributed by atoms with van der Waals surface area (Å²) in [5, 5.41) is 12.3. The summed E-state index contributed by atoms with van der Waals surface area (Å²) in [5.74, 6) is -0.468. The molecule has 1 heterocycles. The van der Waals surface area contributed by atoms with Gasteiger partial charge in [0.25, 0.3) is 5.91 Å². The van der Waals surface area contributed by atoms with Gasteiger partial charge in [-0.2, -0.15) is 5.26 Å². The Balaban J connectivity index is 2.55. The van der Waals surface area contributed by atoms with E-state index in [1.54, 1.807) is 29.0 Å². The van der Waals surface area contributed by atoms with E-state index in [1.165, 1.54) is 0 Å². The van der Waals surface area contributed by atoms with Crippen molar-refractivity contribution < 1.29 is 4.79 Å². The van der Waals surface area contributed by atoms with Crippen LogP contribution in [0.3, 0.4) is 0 Å². The lowest BCUT2D eigenvalue weighted by molar-refractivity contribution is -0.120. The van der Waals surface area contributed by atoms with Gasteiger partial charge in [0.05, 0.1) is 21.7 Å². The molecule has 0 fully saturated rings. The number of nitrogens with one attached hydrogen (secondary N) is 1. The van der Waals surface area contributed by atoms with Gasteiger partial charge in [-0.25, -0.2) is 0 Å². The number of halogens is 1. The number of carbonyl (C=O) groups excluding carboxylic acids is 1. The first kappa shape index (κ1) is 17.8. The third kappa shape index (κ3) is 2.87. The molecule has 0 saturated heterocycles. The summed E-state index contributed by atoms with van der Waals surface area (Å²) in [6.07, 6.45) is 1.64. The fraction of sp³-hybridized carbons (Fsp3) is 0.211. The Hall–Kier alpha value is -3.04. The van der Waals surface area contributed by atoms with E-state index in [2.05, 4.69) is 5.32 Å². The molecule has 1 aromatic heterocycles. The Bertz CT molecular complexity index is 1140. The van der Waals surface area contributed by atoms with Crippen molar-refractivity contribution in [3.05, 3.63) is 51.1 Å². The van der Waals surface area contributed by atoms with Crippen molar-refractivity contribution in [2.45, 2.75) is 13.5 Å². The van der Waals surface area contributed by atoms with Crippen LogP contribution < -0.4 is 15.6 Å². The van der Waals surface area contributed by atoms with E-state index < -0.39 is 5.91 Å². The Labute approximate surface area is 155 Å². The van der Waals surface area contributed by atoms with Gasteiger partial charge in [-0.3, -0.25) is 14.9 Å². The molecular weight excluding hydrogens is 352 g/mol. The van der Waals surface area contributed by atoms with Crippen molar-refractivity contribution in [2.75, 3.05) is 19.0 Å². The molecule has 7 heteroatoms. The number of hydrogen-bond donors (Lipinski definition) is 1. The van der Waals surface area contributed by atoms with Crippen molar-refractivity contribution >= 4 is 45.0 Å². The van der Waals surface area contributed by atoms with Gasteiger partial charge in [-0.15, -0.1) is 0 Å². The summed E-state index contributed by atoms with van der Waals surface area (Å²) >= 11 is 6.39. The van der Waals surface area contributed by atoms with Crippen LogP contribution in [0, 0.1) is 18.4 Å². The van der Waals surface area contributed by atoms with Crippen LogP contribution in [0.15, 0.2) is 35.1 Å². The molecular formula is C19H17ClN4O2. The Morgan fingerprint density at radius 2 is 1.96 bits per heavy atom. The maximum atomic E-state index is 13.0. The van der Waals surface area contributed by atoms with Gasteiger partial charge in [0, 0.05) is 24.9 Å². The lowest BCUT2D eigenvalue weighted by Gasteiger charge is -2.22. The van der Waals surface area contributed by atoms with Crippen LogP contribution in [-0.4, -0.2) is 24.6 Å². The topological polar surface area (TPSA) is 78.1 Å². The highest BCUT2D eigenvalue weighted by Crippen LogP contribution is 2.34. The van der Waals surface area contributed by atoms with E-state index in [4.69, 9.17) is 16.9 Å². The fourth-order valence-corrected chi connectivity index (χ4v) is 3.49. The highest BCUT2D eigenvalue weighted by Gasteiger charge is 2.19. The Morgan fingerprint density at radius 1 is 1.27 bits per heavy atom. The molecule has 0 bridgehead atoms. The summed E-state index contributed by atoms with van der Waals surface area (Å²) in [6, 6.07) is 8.83. The van der Waals surface area contributed by atoms with E-state index in [9.17, 15) is 9.59 Å². The predicted molar refractivity (Wildman–Crippen MR) is 104 cm³/mol. The summed E-state index contributed by atoms with van der Waals surface area (Å²) in [5.41, 5.74) is 2.68. The molecule has 0 saturated carbocycles. The first-order valence-corrected chi connectivity index (χ1v) is 8.33. The molecule has 0 spiro atoms. The van der Waals surface area contributed by atoms with Gasteiger partial charge in [-0.1, -0.05) is 17.7 Å². The first-order valence-electron chi connectivity index (χ1n) is 7.95. The van der Waals surface area contributed by atoms with Gasteiger partial charge >= 0.3 is 0 Å². The number of benzene rings is 2. The highest BCUT2D eigenvalue weighted by atomic mass is 35.5. The van der Waals surface area contributed by atoms with Crippen LogP contribution in [-0.2, 0) is 11.3 Å². The van der Waals surface area contributed by atoms with E-state index in [0.29, 0.717) is 32.5 Å². The number of aryl methyl sites for hydroxylation is 1. The molecule has 0 unspecified atom stereocenters. The molecule has 6 nitrogen and oxygen atoms in total. The minimum atomic E-state index is -0.468. The summed E-state index contributed by atoms with van der Waals surface area (Å²) in [6.45, 7) is 1.81. The average Bonchev–Trinajstić information content (AvgIpc) is 2.58. The minimum absolute atomic E-state index is 0.106. The summed E-state index contributed by atoms with van der Waals surface area (Å²) in [7, 11) is 3.65. The maximum Gasteiger partial charge on any atom is 0.252 e. The monoisotopic (exact) mass is 368 g/mol. The van der Waals surface area contributed by atoms with E-state index >= 15 is 0 Å². The summed E-state index contributed by atoms with van der Waals surface area (Å²) in [4.78, 5) is 27.0. The van der Waals surface area contributed by atoms with E-state index in [1.807, 2.05) is 38.1 Å². The molecule has 0 aliphatic rings.